The Hall–Kier alpha value is -2.94. The number of halogens is 1. The molecule has 0 N–H and O–H groups in total. The molecular formula is C17H13FN2O5S. The fraction of sp³-hybridized carbons (Fsp3) is 0.176. The van der Waals surface area contributed by atoms with Gasteiger partial charge in [-0.05, 0) is 36.4 Å². The molecule has 2 aromatic heterocycles. The third kappa shape index (κ3) is 2.80. The molecular weight excluding hydrogens is 363 g/mol. The molecule has 0 aliphatic carbocycles. The second-order valence-corrected chi connectivity index (χ2v) is 8.11. The summed E-state index contributed by atoms with van der Waals surface area (Å²) in [6.07, 6.45) is 1.47. The number of nitrogens with zero attached hydrogens (tertiary/aromatic N) is 2. The molecule has 9 heteroatoms. The monoisotopic (exact) mass is 376 g/mol. The van der Waals surface area contributed by atoms with E-state index < -0.39 is 26.8 Å². The van der Waals surface area contributed by atoms with Crippen LogP contribution in [0.5, 0.6) is 0 Å². The van der Waals surface area contributed by atoms with Gasteiger partial charge < -0.3 is 13.8 Å². The Bertz CT molecular complexity index is 1040. The predicted octanol–water partition coefficient (Wildman–Crippen LogP) is 2.37. The number of hydrogen-bond acceptors (Lipinski definition) is 6. The number of furan rings is 1. The summed E-state index contributed by atoms with van der Waals surface area (Å²) in [4.78, 5) is 13.8. The van der Waals surface area contributed by atoms with E-state index in [0.29, 0.717) is 11.5 Å². The van der Waals surface area contributed by atoms with Crippen LogP contribution in [0.3, 0.4) is 0 Å². The predicted molar refractivity (Wildman–Crippen MR) is 87.5 cm³/mol. The van der Waals surface area contributed by atoms with Gasteiger partial charge in [-0.25, -0.2) is 12.8 Å². The Kier molecular flexibility index (Phi) is 3.87. The molecule has 4 rings (SSSR count). The highest BCUT2D eigenvalue weighted by atomic mass is 32.2. The lowest BCUT2D eigenvalue weighted by Gasteiger charge is -2.38. The van der Waals surface area contributed by atoms with Crippen molar-refractivity contribution in [1.29, 1.82) is 0 Å². The highest BCUT2D eigenvalue weighted by molar-refractivity contribution is 7.92. The lowest BCUT2D eigenvalue weighted by molar-refractivity contribution is 0.0648. The first-order valence-electron chi connectivity index (χ1n) is 7.74. The zero-order valence-electron chi connectivity index (χ0n) is 13.3. The smallest absolute Gasteiger partial charge is 0.276 e. The number of carbonyl (C=O) groups is 1. The SMILES string of the molecule is O=C(c1cc(-c2ccco2)on1)N1CC(S(=O)(=O)c2ccc(F)cc2)C1. The Morgan fingerprint density at radius 2 is 1.88 bits per heavy atom. The van der Waals surface area contributed by atoms with Crippen molar-refractivity contribution in [2.24, 2.45) is 0 Å². The van der Waals surface area contributed by atoms with Gasteiger partial charge in [-0.15, -0.1) is 0 Å². The van der Waals surface area contributed by atoms with Gasteiger partial charge in [-0.2, -0.15) is 0 Å². The molecule has 1 saturated heterocycles. The summed E-state index contributed by atoms with van der Waals surface area (Å²) in [5, 5.41) is 2.98. The molecule has 0 saturated carbocycles. The standard InChI is InChI=1S/C17H13FN2O5S/c18-11-3-5-12(6-4-11)26(22,23)13-9-20(10-13)17(21)14-8-16(25-19-14)15-2-1-7-24-15/h1-8,13H,9-10H2. The molecule has 0 bridgehead atoms. The first-order valence-corrected chi connectivity index (χ1v) is 9.29. The maximum atomic E-state index is 13.0. The minimum absolute atomic E-state index is 0.0394. The van der Waals surface area contributed by atoms with Gasteiger partial charge in [0.05, 0.1) is 11.2 Å². The van der Waals surface area contributed by atoms with E-state index in [2.05, 4.69) is 5.16 Å². The molecule has 3 heterocycles. The molecule has 7 nitrogen and oxygen atoms in total. The Morgan fingerprint density at radius 3 is 2.54 bits per heavy atom. The van der Waals surface area contributed by atoms with Gasteiger partial charge in [0.25, 0.3) is 5.91 Å². The molecule has 3 aromatic rings. The van der Waals surface area contributed by atoms with E-state index in [4.69, 9.17) is 8.94 Å². The number of amides is 1. The van der Waals surface area contributed by atoms with E-state index in [-0.39, 0.29) is 23.7 Å². The molecule has 1 aliphatic heterocycles. The van der Waals surface area contributed by atoms with Crippen LogP contribution >= 0.6 is 0 Å². The summed E-state index contributed by atoms with van der Waals surface area (Å²) in [5.74, 6) is -0.170. The second-order valence-electron chi connectivity index (χ2n) is 5.88. The normalized spacial score (nSPS) is 15.0. The van der Waals surface area contributed by atoms with Crippen LogP contribution in [-0.4, -0.2) is 42.7 Å². The molecule has 26 heavy (non-hydrogen) atoms. The minimum atomic E-state index is -3.62. The van der Waals surface area contributed by atoms with Gasteiger partial charge >= 0.3 is 0 Å². The number of rotatable bonds is 4. The quantitative estimate of drug-likeness (QED) is 0.649. The number of hydrogen-bond donors (Lipinski definition) is 0. The van der Waals surface area contributed by atoms with E-state index in [9.17, 15) is 17.6 Å². The van der Waals surface area contributed by atoms with Gasteiger partial charge in [0.15, 0.2) is 21.3 Å². The fourth-order valence-electron chi connectivity index (χ4n) is 2.69. The largest absolute Gasteiger partial charge is 0.461 e. The maximum Gasteiger partial charge on any atom is 0.276 e. The van der Waals surface area contributed by atoms with Crippen LogP contribution in [0.25, 0.3) is 11.5 Å². The lowest BCUT2D eigenvalue weighted by atomic mass is 10.2. The molecule has 1 amide bonds. The zero-order chi connectivity index (χ0) is 18.3. The molecule has 134 valence electrons. The third-order valence-electron chi connectivity index (χ3n) is 4.21. The Balaban J connectivity index is 1.44. The van der Waals surface area contributed by atoms with E-state index in [1.54, 1.807) is 12.1 Å². The van der Waals surface area contributed by atoms with Crippen molar-refractivity contribution in [2.75, 3.05) is 13.1 Å². The Labute approximate surface area is 147 Å². The average molecular weight is 376 g/mol. The van der Waals surface area contributed by atoms with Crippen molar-refractivity contribution in [3.63, 3.8) is 0 Å². The molecule has 0 spiro atoms. The van der Waals surface area contributed by atoms with Gasteiger partial charge in [-0.3, -0.25) is 4.79 Å². The molecule has 1 aromatic carbocycles. The van der Waals surface area contributed by atoms with E-state index in [0.717, 1.165) is 12.1 Å². The molecule has 0 radical (unpaired) electrons. The van der Waals surface area contributed by atoms with Crippen molar-refractivity contribution < 1.29 is 26.5 Å². The number of benzene rings is 1. The first kappa shape index (κ1) is 16.5. The van der Waals surface area contributed by atoms with Crippen molar-refractivity contribution in [3.8, 4) is 11.5 Å². The molecule has 1 aliphatic rings. The number of aromatic nitrogens is 1. The van der Waals surface area contributed by atoms with Crippen LogP contribution in [0.4, 0.5) is 4.39 Å². The number of likely N-dealkylation sites (tertiary alicyclic amines) is 1. The fourth-order valence-corrected chi connectivity index (χ4v) is 4.34. The maximum absolute atomic E-state index is 13.0. The lowest BCUT2D eigenvalue weighted by Crippen LogP contribution is -2.56. The van der Waals surface area contributed by atoms with Crippen LogP contribution in [0.15, 0.2) is 62.6 Å². The summed E-state index contributed by atoms with van der Waals surface area (Å²) in [6.45, 7) is 0.0863. The second kappa shape index (κ2) is 6.10. The summed E-state index contributed by atoms with van der Waals surface area (Å²) in [5.41, 5.74) is 0.0778. The van der Waals surface area contributed by atoms with Crippen LogP contribution in [0.2, 0.25) is 0 Å². The third-order valence-corrected chi connectivity index (χ3v) is 6.31. The molecule has 1 fully saturated rings. The van der Waals surface area contributed by atoms with Crippen molar-refractivity contribution in [1.82, 2.24) is 10.1 Å². The van der Waals surface area contributed by atoms with Crippen molar-refractivity contribution in [2.45, 2.75) is 10.1 Å². The van der Waals surface area contributed by atoms with Crippen LogP contribution < -0.4 is 0 Å². The topological polar surface area (TPSA) is 93.6 Å². The Morgan fingerprint density at radius 1 is 1.15 bits per heavy atom. The average Bonchev–Trinajstić information content (AvgIpc) is 3.25. The van der Waals surface area contributed by atoms with E-state index in [1.165, 1.54) is 29.4 Å². The number of sulfone groups is 1. The van der Waals surface area contributed by atoms with Crippen LogP contribution in [0.1, 0.15) is 10.5 Å². The van der Waals surface area contributed by atoms with E-state index in [1.807, 2.05) is 0 Å². The first-order chi connectivity index (χ1) is 12.4. The molecule has 0 unspecified atom stereocenters. The van der Waals surface area contributed by atoms with Gasteiger partial charge in [0, 0.05) is 19.2 Å². The summed E-state index contributed by atoms with van der Waals surface area (Å²) < 4.78 is 48.2. The minimum Gasteiger partial charge on any atom is -0.461 e. The highest BCUT2D eigenvalue weighted by Crippen LogP contribution is 2.26. The van der Waals surface area contributed by atoms with Crippen LogP contribution in [-0.2, 0) is 9.84 Å². The molecule has 0 atom stereocenters. The van der Waals surface area contributed by atoms with Gasteiger partial charge in [0.2, 0.25) is 5.76 Å². The number of carbonyl (C=O) groups excluding carboxylic acids is 1. The summed E-state index contributed by atoms with van der Waals surface area (Å²) in [7, 11) is -3.62. The van der Waals surface area contributed by atoms with E-state index >= 15 is 0 Å². The van der Waals surface area contributed by atoms with Crippen LogP contribution in [0, 0.1) is 5.82 Å². The summed E-state index contributed by atoms with van der Waals surface area (Å²) in [6, 6.07) is 9.44. The van der Waals surface area contributed by atoms with Gasteiger partial charge in [-0.1, -0.05) is 5.16 Å². The zero-order valence-corrected chi connectivity index (χ0v) is 14.1. The highest BCUT2D eigenvalue weighted by Gasteiger charge is 2.41. The van der Waals surface area contributed by atoms with Gasteiger partial charge in [0.1, 0.15) is 11.1 Å². The summed E-state index contributed by atoms with van der Waals surface area (Å²) >= 11 is 0. The van der Waals surface area contributed by atoms with Crippen molar-refractivity contribution in [3.05, 3.63) is 60.2 Å². The van der Waals surface area contributed by atoms with Crippen molar-refractivity contribution >= 4 is 15.7 Å².